The van der Waals surface area contributed by atoms with Crippen molar-refractivity contribution in [3.8, 4) is 0 Å². The molecule has 0 radical (unpaired) electrons. The summed E-state index contributed by atoms with van der Waals surface area (Å²) in [6, 6.07) is 0. The maximum atomic E-state index is 12.2. The number of unbranched alkanes of at least 4 members (excludes halogenated alkanes) is 15. The Balaban J connectivity index is 3.84. The maximum Gasteiger partial charge on any atom is 0.469 e. The third kappa shape index (κ3) is 31.4. The molecule has 1 atom stereocenters. The van der Waals surface area contributed by atoms with Crippen LogP contribution in [0.4, 0.5) is 0 Å². The van der Waals surface area contributed by atoms with Crippen LogP contribution in [0.5, 0.6) is 0 Å². The summed E-state index contributed by atoms with van der Waals surface area (Å²) in [5.41, 5.74) is 0. The van der Waals surface area contributed by atoms with E-state index in [1.165, 1.54) is 64.7 Å². The topological polar surface area (TPSA) is 141 Å². The lowest BCUT2D eigenvalue weighted by molar-refractivity contribution is -0.158. The van der Waals surface area contributed by atoms with Crippen molar-refractivity contribution in [1.82, 2.24) is 5.32 Å². The number of rotatable bonds is 29. The fraction of sp³-hybridized carbons (Fsp3) is 0.929. The molecule has 232 valence electrons. The Morgan fingerprint density at radius 2 is 1.28 bits per heavy atom. The molecular formula is C28H56NO9P. The van der Waals surface area contributed by atoms with Gasteiger partial charge in [0.2, 0.25) is 5.91 Å². The normalized spacial score (nSPS) is 12.4. The summed E-state index contributed by atoms with van der Waals surface area (Å²) in [5, 5.41) is 2.81. The Labute approximate surface area is 236 Å². The van der Waals surface area contributed by atoms with Gasteiger partial charge in [0.25, 0.3) is 0 Å². The van der Waals surface area contributed by atoms with E-state index in [0.717, 1.165) is 57.9 Å². The quantitative estimate of drug-likeness (QED) is 0.0409. The SMILES string of the molecule is CCCCCCCCCCCC(=O)O[C@@H](COCOCCCCCCCCCCNC(C)=O)COP(=O)(O)O. The number of carbonyl (C=O) groups excluding carboxylic acids is 2. The summed E-state index contributed by atoms with van der Waals surface area (Å²) >= 11 is 0. The lowest BCUT2D eigenvalue weighted by Crippen LogP contribution is -2.28. The van der Waals surface area contributed by atoms with Crippen molar-refractivity contribution >= 4 is 19.7 Å². The molecule has 10 nitrogen and oxygen atoms in total. The minimum absolute atomic E-state index is 0.0104. The Morgan fingerprint density at radius 1 is 0.744 bits per heavy atom. The summed E-state index contributed by atoms with van der Waals surface area (Å²) in [7, 11) is -4.68. The summed E-state index contributed by atoms with van der Waals surface area (Å²) in [6.07, 6.45) is 18.5. The van der Waals surface area contributed by atoms with E-state index in [0.29, 0.717) is 6.61 Å². The van der Waals surface area contributed by atoms with E-state index in [4.69, 9.17) is 24.0 Å². The van der Waals surface area contributed by atoms with Crippen LogP contribution in [0.1, 0.15) is 129 Å². The first-order valence-corrected chi connectivity index (χ1v) is 16.6. The highest BCUT2D eigenvalue weighted by atomic mass is 31.2. The first-order chi connectivity index (χ1) is 18.7. The minimum atomic E-state index is -4.68. The lowest BCUT2D eigenvalue weighted by Gasteiger charge is -2.18. The van der Waals surface area contributed by atoms with E-state index in [1.807, 2.05) is 0 Å². The molecule has 0 aliphatic heterocycles. The Kier molecular flexibility index (Phi) is 26.4. The fourth-order valence-corrected chi connectivity index (χ4v) is 4.43. The molecule has 0 aromatic carbocycles. The zero-order valence-corrected chi connectivity index (χ0v) is 25.4. The Morgan fingerprint density at radius 3 is 1.85 bits per heavy atom. The number of hydrogen-bond donors (Lipinski definition) is 3. The second kappa shape index (κ2) is 27.2. The second-order valence-corrected chi connectivity index (χ2v) is 11.4. The van der Waals surface area contributed by atoms with Gasteiger partial charge >= 0.3 is 13.8 Å². The van der Waals surface area contributed by atoms with E-state index in [9.17, 15) is 14.2 Å². The maximum absolute atomic E-state index is 12.2. The van der Waals surface area contributed by atoms with Gasteiger partial charge in [-0.25, -0.2) is 4.57 Å². The highest BCUT2D eigenvalue weighted by Gasteiger charge is 2.21. The molecule has 0 aliphatic carbocycles. The molecule has 0 aliphatic rings. The molecule has 0 spiro atoms. The number of ether oxygens (including phenoxy) is 3. The molecule has 0 rings (SSSR count). The van der Waals surface area contributed by atoms with Crippen LogP contribution >= 0.6 is 7.82 Å². The van der Waals surface area contributed by atoms with Gasteiger partial charge in [0, 0.05) is 26.5 Å². The van der Waals surface area contributed by atoms with Gasteiger partial charge in [0.1, 0.15) is 12.9 Å². The molecule has 0 aromatic heterocycles. The van der Waals surface area contributed by atoms with Gasteiger partial charge in [0.05, 0.1) is 13.2 Å². The van der Waals surface area contributed by atoms with Gasteiger partial charge in [-0.05, 0) is 19.3 Å². The van der Waals surface area contributed by atoms with E-state index < -0.39 is 26.5 Å². The molecule has 0 fully saturated rings. The third-order valence-electron chi connectivity index (χ3n) is 6.27. The van der Waals surface area contributed by atoms with Gasteiger partial charge in [-0.3, -0.25) is 14.1 Å². The highest BCUT2D eigenvalue weighted by molar-refractivity contribution is 7.46. The fourth-order valence-electron chi connectivity index (χ4n) is 4.07. The average molecular weight is 582 g/mol. The number of esters is 1. The first-order valence-electron chi connectivity index (χ1n) is 15.0. The van der Waals surface area contributed by atoms with Gasteiger partial charge in [0.15, 0.2) is 0 Å². The van der Waals surface area contributed by atoms with Crippen LogP contribution in [0.2, 0.25) is 0 Å². The van der Waals surface area contributed by atoms with Crippen LogP contribution in [0.15, 0.2) is 0 Å². The molecule has 39 heavy (non-hydrogen) atoms. The van der Waals surface area contributed by atoms with Gasteiger partial charge in [-0.15, -0.1) is 0 Å². The van der Waals surface area contributed by atoms with Crippen molar-refractivity contribution in [2.75, 3.05) is 33.2 Å². The Bertz CT molecular complexity index is 630. The minimum Gasteiger partial charge on any atom is -0.457 e. The zero-order chi connectivity index (χ0) is 29.0. The summed E-state index contributed by atoms with van der Waals surface area (Å²) < 4.78 is 31.8. The summed E-state index contributed by atoms with van der Waals surface area (Å²) in [4.78, 5) is 40.9. The second-order valence-electron chi connectivity index (χ2n) is 10.2. The number of carbonyl (C=O) groups is 2. The number of phosphoric acid groups is 1. The molecule has 0 bridgehead atoms. The molecule has 0 heterocycles. The van der Waals surface area contributed by atoms with Crippen LogP contribution < -0.4 is 5.32 Å². The van der Waals surface area contributed by atoms with Gasteiger partial charge in [-0.1, -0.05) is 96.8 Å². The monoisotopic (exact) mass is 581 g/mol. The number of nitrogens with one attached hydrogen (secondary N) is 1. The number of phosphoric ester groups is 1. The highest BCUT2D eigenvalue weighted by Crippen LogP contribution is 2.35. The summed E-state index contributed by atoms with van der Waals surface area (Å²) in [6.45, 7) is 4.56. The number of hydrogen-bond acceptors (Lipinski definition) is 7. The van der Waals surface area contributed by atoms with Crippen molar-refractivity contribution in [3.63, 3.8) is 0 Å². The lowest BCUT2D eigenvalue weighted by atomic mass is 10.1. The predicted octanol–water partition coefficient (Wildman–Crippen LogP) is 6.18. The van der Waals surface area contributed by atoms with Gasteiger partial charge in [-0.2, -0.15) is 0 Å². The molecule has 0 saturated heterocycles. The third-order valence-corrected chi connectivity index (χ3v) is 6.76. The molecule has 0 unspecified atom stereocenters. The molecule has 3 N–H and O–H groups in total. The van der Waals surface area contributed by atoms with Gasteiger partial charge < -0.3 is 29.3 Å². The predicted molar refractivity (Wildman–Crippen MR) is 152 cm³/mol. The zero-order valence-electron chi connectivity index (χ0n) is 24.5. The average Bonchev–Trinajstić information content (AvgIpc) is 2.87. The van der Waals surface area contributed by atoms with Crippen molar-refractivity contribution in [2.24, 2.45) is 0 Å². The van der Waals surface area contributed by atoms with E-state index in [-0.39, 0.29) is 25.7 Å². The van der Waals surface area contributed by atoms with Crippen LogP contribution in [0.25, 0.3) is 0 Å². The van der Waals surface area contributed by atoms with E-state index >= 15 is 0 Å². The number of amides is 1. The smallest absolute Gasteiger partial charge is 0.457 e. The van der Waals surface area contributed by atoms with E-state index in [2.05, 4.69) is 16.8 Å². The van der Waals surface area contributed by atoms with E-state index in [1.54, 1.807) is 0 Å². The van der Waals surface area contributed by atoms with Crippen LogP contribution in [0.3, 0.4) is 0 Å². The van der Waals surface area contributed by atoms with Crippen molar-refractivity contribution < 1.29 is 42.7 Å². The van der Waals surface area contributed by atoms with Crippen molar-refractivity contribution in [3.05, 3.63) is 0 Å². The summed E-state index contributed by atoms with van der Waals surface area (Å²) in [5.74, 6) is -0.395. The molecule has 0 aromatic rings. The van der Waals surface area contributed by atoms with Crippen LogP contribution in [-0.2, 0) is 32.9 Å². The van der Waals surface area contributed by atoms with Crippen LogP contribution in [-0.4, -0.2) is 60.9 Å². The molecule has 11 heteroatoms. The van der Waals surface area contributed by atoms with Crippen molar-refractivity contribution in [2.45, 2.75) is 136 Å². The molecule has 0 saturated carbocycles. The molecule has 1 amide bonds. The van der Waals surface area contributed by atoms with Crippen molar-refractivity contribution in [1.29, 1.82) is 0 Å². The Hall–Kier alpha value is -1.03. The largest absolute Gasteiger partial charge is 0.469 e. The van der Waals surface area contributed by atoms with Crippen LogP contribution in [0, 0.1) is 0 Å². The standard InChI is InChI=1S/C28H56NO9P/c1-3-4-5-6-7-8-11-14-17-20-28(31)38-27(24-37-39(32,33)34)23-36-25-35-22-19-16-13-10-9-12-15-18-21-29-26(2)30/h27H,3-25H2,1-2H3,(H,29,30)(H2,32,33,34)/t27-/m0/s1. The first kappa shape index (κ1) is 38.0. The molecular weight excluding hydrogens is 525 g/mol.